The van der Waals surface area contributed by atoms with E-state index in [0.29, 0.717) is 13.1 Å². The lowest BCUT2D eigenvalue weighted by molar-refractivity contribution is 0.0430. The van der Waals surface area contributed by atoms with Gasteiger partial charge in [0, 0.05) is 56.0 Å². The fraction of sp³-hybridized carbons (Fsp3) is 0.333. The number of aliphatic hydroxyl groups excluding tert-OH is 1. The van der Waals surface area contributed by atoms with Crippen molar-refractivity contribution in [3.8, 4) is 29.4 Å². The molecule has 5 rings (SSSR count). The average molecular weight is 489 g/mol. The number of nitrogens with zero attached hydrogens (tertiary/aromatic N) is 4. The highest BCUT2D eigenvalue weighted by Crippen LogP contribution is 2.26. The van der Waals surface area contributed by atoms with Crippen LogP contribution in [0.5, 0.6) is 5.75 Å². The zero-order chi connectivity index (χ0) is 24.2. The van der Waals surface area contributed by atoms with Gasteiger partial charge in [-0.05, 0) is 25.1 Å². The zero-order valence-corrected chi connectivity index (χ0v) is 20.5. The van der Waals surface area contributed by atoms with Gasteiger partial charge in [0.05, 0.1) is 21.8 Å². The SMILES string of the molecule is C#Cc1ccccc1-c1cc(CN2CCN(C[C@H](O)COc3ccc4sc(C)nc4c3)CC2)on1. The fourth-order valence-corrected chi connectivity index (χ4v) is 5.16. The Hall–Kier alpha value is -3.22. The molecular weight excluding hydrogens is 460 g/mol. The highest BCUT2D eigenvalue weighted by Gasteiger charge is 2.21. The van der Waals surface area contributed by atoms with E-state index >= 15 is 0 Å². The maximum Gasteiger partial charge on any atom is 0.151 e. The number of hydrogen-bond donors (Lipinski definition) is 1. The third kappa shape index (κ3) is 5.72. The van der Waals surface area contributed by atoms with Crippen LogP contribution >= 0.6 is 11.3 Å². The third-order valence-corrected chi connectivity index (χ3v) is 7.09. The summed E-state index contributed by atoms with van der Waals surface area (Å²) in [4.78, 5) is 9.11. The monoisotopic (exact) mass is 488 g/mol. The van der Waals surface area contributed by atoms with Crippen molar-refractivity contribution in [1.82, 2.24) is 19.9 Å². The van der Waals surface area contributed by atoms with Gasteiger partial charge in [-0.2, -0.15) is 0 Å². The van der Waals surface area contributed by atoms with Crippen LogP contribution < -0.4 is 4.74 Å². The van der Waals surface area contributed by atoms with Crippen LogP contribution in [0.15, 0.2) is 53.1 Å². The Morgan fingerprint density at radius 3 is 2.77 bits per heavy atom. The van der Waals surface area contributed by atoms with Crippen LogP contribution in [0, 0.1) is 19.3 Å². The summed E-state index contributed by atoms with van der Waals surface area (Å²) in [5.74, 6) is 4.26. The smallest absolute Gasteiger partial charge is 0.151 e. The molecule has 1 aliphatic rings. The Morgan fingerprint density at radius 2 is 1.94 bits per heavy atom. The summed E-state index contributed by atoms with van der Waals surface area (Å²) in [5, 5.41) is 15.8. The first-order chi connectivity index (χ1) is 17.1. The van der Waals surface area contributed by atoms with Crippen molar-refractivity contribution in [2.24, 2.45) is 0 Å². The number of aromatic nitrogens is 2. The van der Waals surface area contributed by atoms with Crippen LogP contribution in [0.2, 0.25) is 0 Å². The Labute approximate surface area is 208 Å². The molecule has 180 valence electrons. The topological polar surface area (TPSA) is 74.9 Å². The lowest BCUT2D eigenvalue weighted by Gasteiger charge is -2.35. The predicted octanol–water partition coefficient (Wildman–Crippen LogP) is 3.80. The summed E-state index contributed by atoms with van der Waals surface area (Å²) < 4.78 is 12.6. The molecule has 7 nitrogen and oxygen atoms in total. The van der Waals surface area contributed by atoms with Crippen LogP contribution in [-0.2, 0) is 6.54 Å². The molecule has 35 heavy (non-hydrogen) atoms. The summed E-state index contributed by atoms with van der Waals surface area (Å²) in [5.41, 5.74) is 3.42. The van der Waals surface area contributed by atoms with Gasteiger partial charge < -0.3 is 14.4 Å². The fourth-order valence-electron chi connectivity index (χ4n) is 4.35. The van der Waals surface area contributed by atoms with E-state index in [1.807, 2.05) is 55.5 Å². The van der Waals surface area contributed by atoms with Crippen molar-refractivity contribution in [1.29, 1.82) is 0 Å². The van der Waals surface area contributed by atoms with Crippen LogP contribution in [0.4, 0.5) is 0 Å². The number of piperazine rings is 1. The minimum absolute atomic E-state index is 0.259. The Kier molecular flexibility index (Phi) is 7.11. The van der Waals surface area contributed by atoms with Gasteiger partial charge in [0.2, 0.25) is 0 Å². The molecule has 1 atom stereocenters. The van der Waals surface area contributed by atoms with Gasteiger partial charge in [0.1, 0.15) is 24.2 Å². The van der Waals surface area contributed by atoms with Crippen molar-refractivity contribution in [3.05, 3.63) is 64.9 Å². The number of fused-ring (bicyclic) bond motifs is 1. The van der Waals surface area contributed by atoms with E-state index in [1.165, 1.54) is 0 Å². The molecule has 8 heteroatoms. The number of rotatable bonds is 8. The van der Waals surface area contributed by atoms with Gasteiger partial charge in [0.25, 0.3) is 0 Å². The molecular formula is C27H28N4O3S. The summed E-state index contributed by atoms with van der Waals surface area (Å²) >= 11 is 1.67. The normalized spacial score (nSPS) is 15.8. The molecule has 0 saturated carbocycles. The summed E-state index contributed by atoms with van der Waals surface area (Å²) in [6.07, 6.45) is 5.06. The number of thiazole rings is 1. The van der Waals surface area contributed by atoms with Crippen molar-refractivity contribution in [3.63, 3.8) is 0 Å². The lowest BCUT2D eigenvalue weighted by Crippen LogP contribution is -2.48. The lowest BCUT2D eigenvalue weighted by atomic mass is 10.1. The van der Waals surface area contributed by atoms with E-state index in [-0.39, 0.29) is 6.61 Å². The molecule has 0 spiro atoms. The molecule has 1 aliphatic heterocycles. The number of ether oxygens (including phenoxy) is 1. The van der Waals surface area contributed by atoms with Crippen LogP contribution in [0.25, 0.3) is 21.5 Å². The van der Waals surface area contributed by atoms with Crippen molar-refractivity contribution in [2.45, 2.75) is 19.6 Å². The first-order valence-electron chi connectivity index (χ1n) is 11.7. The van der Waals surface area contributed by atoms with E-state index in [9.17, 15) is 5.11 Å². The number of hydrogen-bond acceptors (Lipinski definition) is 8. The van der Waals surface area contributed by atoms with E-state index in [2.05, 4.69) is 25.9 Å². The van der Waals surface area contributed by atoms with Crippen LogP contribution in [0.3, 0.4) is 0 Å². The van der Waals surface area contributed by atoms with Gasteiger partial charge in [0.15, 0.2) is 5.76 Å². The standard InChI is InChI=1S/C27H28N4O3S/c1-3-20-6-4-5-7-24(20)25-15-23(34-29-25)17-31-12-10-30(11-13-31)16-21(32)18-33-22-8-9-27-26(14-22)28-19(2)35-27/h1,4-9,14-15,21,32H,10-13,16-18H2,2H3/t21-/m0/s1. The molecule has 1 fully saturated rings. The molecule has 3 heterocycles. The van der Waals surface area contributed by atoms with Gasteiger partial charge in [-0.15, -0.1) is 17.8 Å². The molecule has 0 aliphatic carbocycles. The van der Waals surface area contributed by atoms with E-state index in [1.54, 1.807) is 11.3 Å². The molecule has 2 aromatic carbocycles. The second-order valence-electron chi connectivity index (χ2n) is 8.77. The third-order valence-electron chi connectivity index (χ3n) is 6.14. The number of aliphatic hydroxyl groups is 1. The van der Waals surface area contributed by atoms with Gasteiger partial charge >= 0.3 is 0 Å². The molecule has 1 saturated heterocycles. The molecule has 0 bridgehead atoms. The van der Waals surface area contributed by atoms with Crippen molar-refractivity contribution in [2.75, 3.05) is 39.3 Å². The number of benzene rings is 2. The largest absolute Gasteiger partial charge is 0.491 e. The Morgan fingerprint density at radius 1 is 1.14 bits per heavy atom. The second-order valence-corrected chi connectivity index (χ2v) is 10.0. The Bertz CT molecular complexity index is 1330. The van der Waals surface area contributed by atoms with Crippen molar-refractivity contribution >= 4 is 21.6 Å². The zero-order valence-electron chi connectivity index (χ0n) is 19.7. The average Bonchev–Trinajstić information content (AvgIpc) is 3.49. The molecule has 0 radical (unpaired) electrons. The number of β-amino-alcohol motifs (C(OH)–C–C–N with tert-alkyl or cyclic N) is 1. The highest BCUT2D eigenvalue weighted by molar-refractivity contribution is 7.18. The first kappa shape index (κ1) is 23.5. The van der Waals surface area contributed by atoms with E-state index in [0.717, 1.165) is 69.7 Å². The number of terminal acetylenes is 1. The van der Waals surface area contributed by atoms with E-state index < -0.39 is 6.10 Å². The molecule has 2 aromatic heterocycles. The van der Waals surface area contributed by atoms with Crippen LogP contribution in [0.1, 0.15) is 16.3 Å². The number of aryl methyl sites for hydroxylation is 1. The Balaban J connectivity index is 1.07. The van der Waals surface area contributed by atoms with Crippen LogP contribution in [-0.4, -0.2) is 70.5 Å². The second kappa shape index (κ2) is 10.6. The molecule has 1 N–H and O–H groups in total. The predicted molar refractivity (Wildman–Crippen MR) is 137 cm³/mol. The van der Waals surface area contributed by atoms with Crippen molar-refractivity contribution < 1.29 is 14.4 Å². The quantitative estimate of drug-likeness (QED) is 0.378. The summed E-state index contributed by atoms with van der Waals surface area (Å²) in [6, 6.07) is 15.6. The maximum atomic E-state index is 10.5. The summed E-state index contributed by atoms with van der Waals surface area (Å²) in [7, 11) is 0. The molecule has 0 unspecified atom stereocenters. The van der Waals surface area contributed by atoms with E-state index in [4.69, 9.17) is 15.7 Å². The van der Waals surface area contributed by atoms with Gasteiger partial charge in [-0.1, -0.05) is 29.3 Å². The first-order valence-corrected chi connectivity index (χ1v) is 12.5. The minimum atomic E-state index is -0.553. The summed E-state index contributed by atoms with van der Waals surface area (Å²) in [6.45, 7) is 7.08. The van der Waals surface area contributed by atoms with Gasteiger partial charge in [-0.25, -0.2) is 4.98 Å². The highest BCUT2D eigenvalue weighted by atomic mass is 32.1. The maximum absolute atomic E-state index is 10.5. The molecule has 4 aromatic rings. The minimum Gasteiger partial charge on any atom is -0.491 e. The molecule has 0 amide bonds. The van der Waals surface area contributed by atoms with Gasteiger partial charge in [-0.3, -0.25) is 9.80 Å².